The molecular formula is C8H15N5S. The normalized spacial score (nSPS) is 11.8. The van der Waals surface area contributed by atoms with Gasteiger partial charge >= 0.3 is 0 Å². The van der Waals surface area contributed by atoms with Crippen molar-refractivity contribution < 1.29 is 0 Å². The lowest BCUT2D eigenvalue weighted by Gasteiger charge is -2.02. The van der Waals surface area contributed by atoms with Gasteiger partial charge in [0.2, 0.25) is 0 Å². The van der Waals surface area contributed by atoms with Crippen molar-refractivity contribution in [1.82, 2.24) is 15.0 Å². The highest BCUT2D eigenvalue weighted by atomic mass is 32.1. The van der Waals surface area contributed by atoms with E-state index < -0.39 is 0 Å². The van der Waals surface area contributed by atoms with Crippen LogP contribution < -0.4 is 11.3 Å². The van der Waals surface area contributed by atoms with Gasteiger partial charge in [-0.05, 0) is 24.4 Å². The molecule has 0 fully saturated rings. The van der Waals surface area contributed by atoms with Crippen molar-refractivity contribution in [3.63, 3.8) is 0 Å². The van der Waals surface area contributed by atoms with Crippen molar-refractivity contribution in [3.05, 3.63) is 10.6 Å². The molecule has 0 aliphatic rings. The Morgan fingerprint density at radius 3 is 2.93 bits per heavy atom. The van der Waals surface area contributed by atoms with Gasteiger partial charge in [0, 0.05) is 6.54 Å². The Hall–Kier alpha value is -1.01. The molecule has 0 aliphatic heterocycles. The zero-order valence-electron chi connectivity index (χ0n) is 8.45. The Kier molecular flexibility index (Phi) is 4.48. The van der Waals surface area contributed by atoms with E-state index in [0.717, 1.165) is 30.0 Å². The summed E-state index contributed by atoms with van der Waals surface area (Å²) in [5, 5.41) is 4.00. The van der Waals surface area contributed by atoms with Gasteiger partial charge in [-0.1, -0.05) is 18.3 Å². The quantitative estimate of drug-likeness (QED) is 0.334. The first-order valence-electron chi connectivity index (χ1n) is 4.66. The summed E-state index contributed by atoms with van der Waals surface area (Å²) in [6.45, 7) is 4.87. The zero-order valence-corrected chi connectivity index (χ0v) is 9.27. The van der Waals surface area contributed by atoms with Crippen LogP contribution in [0.2, 0.25) is 0 Å². The topological polar surface area (TPSA) is 76.2 Å². The summed E-state index contributed by atoms with van der Waals surface area (Å²) >= 11 is 1.32. The Morgan fingerprint density at radius 1 is 1.57 bits per heavy atom. The number of hydrogen-bond acceptors (Lipinski definition) is 5. The third-order valence-corrected chi connectivity index (χ3v) is 2.51. The summed E-state index contributed by atoms with van der Waals surface area (Å²) in [6, 6.07) is 0. The zero-order chi connectivity index (χ0) is 10.4. The fourth-order valence-corrected chi connectivity index (χ4v) is 1.75. The Labute approximate surface area is 87.6 Å². The predicted molar refractivity (Wildman–Crippen MR) is 58.3 cm³/mol. The maximum absolute atomic E-state index is 5.40. The van der Waals surface area contributed by atoms with E-state index in [9.17, 15) is 0 Å². The molecule has 1 heterocycles. The number of hydrogen-bond donors (Lipinski definition) is 2. The van der Waals surface area contributed by atoms with Gasteiger partial charge in [-0.3, -0.25) is 4.99 Å². The number of hydrazine groups is 1. The first-order chi connectivity index (χ1) is 6.83. The van der Waals surface area contributed by atoms with Crippen LogP contribution in [0.5, 0.6) is 0 Å². The molecule has 0 aliphatic carbocycles. The average Bonchev–Trinajstić information content (AvgIpc) is 2.67. The van der Waals surface area contributed by atoms with Crippen LogP contribution >= 0.6 is 11.5 Å². The highest BCUT2D eigenvalue weighted by Gasteiger charge is 2.11. The van der Waals surface area contributed by atoms with Crippen LogP contribution in [0.1, 0.15) is 30.8 Å². The molecule has 0 bridgehead atoms. The van der Waals surface area contributed by atoms with Gasteiger partial charge in [0.1, 0.15) is 4.88 Å². The van der Waals surface area contributed by atoms with Gasteiger partial charge < -0.3 is 5.43 Å². The van der Waals surface area contributed by atoms with Gasteiger partial charge in [0.25, 0.3) is 0 Å². The molecule has 0 spiro atoms. The lowest BCUT2D eigenvalue weighted by Crippen LogP contribution is -2.31. The third-order valence-electron chi connectivity index (χ3n) is 1.74. The minimum absolute atomic E-state index is 0.693. The molecule has 1 aromatic heterocycles. The van der Waals surface area contributed by atoms with E-state index in [1.165, 1.54) is 11.5 Å². The number of nitrogens with one attached hydrogen (secondary N) is 1. The molecule has 5 nitrogen and oxygen atoms in total. The Balaban J connectivity index is 2.88. The number of rotatable bonds is 4. The molecule has 6 heteroatoms. The van der Waals surface area contributed by atoms with Crippen LogP contribution in [0.25, 0.3) is 0 Å². The van der Waals surface area contributed by atoms with Crippen LogP contribution in [0.15, 0.2) is 4.99 Å². The molecule has 0 saturated heterocycles. The first kappa shape index (κ1) is 11.1. The third kappa shape index (κ3) is 2.49. The second-order valence-electron chi connectivity index (χ2n) is 2.78. The summed E-state index contributed by atoms with van der Waals surface area (Å²) in [4.78, 5) is 5.27. The summed E-state index contributed by atoms with van der Waals surface area (Å²) in [7, 11) is 0. The van der Waals surface area contributed by atoms with E-state index in [1.807, 2.05) is 6.92 Å². The lowest BCUT2D eigenvalue weighted by molar-refractivity contribution is 0.905. The highest BCUT2D eigenvalue weighted by molar-refractivity contribution is 7.08. The number of aromatic nitrogens is 2. The maximum atomic E-state index is 5.40. The monoisotopic (exact) mass is 213 g/mol. The molecule has 0 amide bonds. The maximum Gasteiger partial charge on any atom is 0.156 e. The van der Waals surface area contributed by atoms with Crippen molar-refractivity contribution in [2.24, 2.45) is 10.8 Å². The number of aryl methyl sites for hydroxylation is 1. The van der Waals surface area contributed by atoms with Crippen molar-refractivity contribution in [2.45, 2.75) is 26.7 Å². The first-order valence-corrected chi connectivity index (χ1v) is 5.43. The molecule has 14 heavy (non-hydrogen) atoms. The summed E-state index contributed by atoms with van der Waals surface area (Å²) in [5.41, 5.74) is 3.54. The number of nitrogens with two attached hydrogens (primary N) is 1. The molecular weight excluding hydrogens is 198 g/mol. The lowest BCUT2D eigenvalue weighted by atomic mass is 10.3. The second-order valence-corrected chi connectivity index (χ2v) is 3.53. The molecule has 0 atom stereocenters. The minimum atomic E-state index is 0.693. The van der Waals surface area contributed by atoms with Crippen LogP contribution in [0.4, 0.5) is 0 Å². The number of amidine groups is 1. The van der Waals surface area contributed by atoms with E-state index in [1.54, 1.807) is 0 Å². The van der Waals surface area contributed by atoms with Crippen LogP contribution in [0.3, 0.4) is 0 Å². The molecule has 1 aromatic rings. The van der Waals surface area contributed by atoms with E-state index >= 15 is 0 Å². The molecule has 78 valence electrons. The Bertz CT molecular complexity index is 306. The number of aliphatic imine (C=N–C) groups is 1. The SMILES string of the molecule is CCCN=C(NN)c1snnc1CC. The van der Waals surface area contributed by atoms with Crippen molar-refractivity contribution >= 4 is 17.4 Å². The molecule has 0 unspecified atom stereocenters. The van der Waals surface area contributed by atoms with E-state index in [2.05, 4.69) is 26.9 Å². The smallest absolute Gasteiger partial charge is 0.156 e. The van der Waals surface area contributed by atoms with Crippen LogP contribution in [0, 0.1) is 0 Å². The Morgan fingerprint density at radius 2 is 2.36 bits per heavy atom. The van der Waals surface area contributed by atoms with Crippen molar-refractivity contribution in [1.29, 1.82) is 0 Å². The largest absolute Gasteiger partial charge is 0.307 e. The van der Waals surface area contributed by atoms with E-state index in [4.69, 9.17) is 5.84 Å². The minimum Gasteiger partial charge on any atom is -0.307 e. The van der Waals surface area contributed by atoms with Crippen molar-refractivity contribution in [2.75, 3.05) is 6.54 Å². The summed E-state index contributed by atoms with van der Waals surface area (Å²) in [6.07, 6.45) is 1.84. The fraction of sp³-hybridized carbons (Fsp3) is 0.625. The molecule has 0 radical (unpaired) electrons. The van der Waals surface area contributed by atoms with E-state index in [0.29, 0.717) is 5.84 Å². The molecule has 1 rings (SSSR count). The van der Waals surface area contributed by atoms with Gasteiger partial charge in [-0.25, -0.2) is 5.84 Å². The fourth-order valence-electron chi connectivity index (χ4n) is 1.03. The molecule has 0 saturated carbocycles. The van der Waals surface area contributed by atoms with Gasteiger partial charge in [0.15, 0.2) is 5.84 Å². The summed E-state index contributed by atoms with van der Waals surface area (Å²) in [5.74, 6) is 6.09. The van der Waals surface area contributed by atoms with Gasteiger partial charge in [-0.2, -0.15) is 0 Å². The van der Waals surface area contributed by atoms with E-state index in [-0.39, 0.29) is 0 Å². The molecule has 3 N–H and O–H groups in total. The van der Waals surface area contributed by atoms with Gasteiger partial charge in [-0.15, -0.1) is 5.10 Å². The average molecular weight is 213 g/mol. The summed E-state index contributed by atoms with van der Waals surface area (Å²) < 4.78 is 3.89. The van der Waals surface area contributed by atoms with Crippen molar-refractivity contribution in [3.8, 4) is 0 Å². The highest BCUT2D eigenvalue weighted by Crippen LogP contribution is 2.11. The van der Waals surface area contributed by atoms with Gasteiger partial charge in [0.05, 0.1) is 5.69 Å². The van der Waals surface area contributed by atoms with Crippen LogP contribution in [-0.4, -0.2) is 22.0 Å². The number of nitrogens with zero attached hydrogens (tertiary/aromatic N) is 3. The standard InChI is InChI=1S/C8H15N5S/c1-3-5-10-8(11-9)7-6(4-2)12-13-14-7/h3-5,9H2,1-2H3,(H,10,11). The predicted octanol–water partition coefficient (Wildman–Crippen LogP) is 0.720. The van der Waals surface area contributed by atoms with Crippen LogP contribution in [-0.2, 0) is 6.42 Å². The molecule has 0 aromatic carbocycles. The second kappa shape index (κ2) is 5.66.